The second-order valence-electron chi connectivity index (χ2n) is 13.4. The molecule has 1 saturated heterocycles. The molecule has 220 valence electrons. The molecule has 41 heavy (non-hydrogen) atoms. The van der Waals surface area contributed by atoms with Gasteiger partial charge in [0.25, 0.3) is 5.91 Å². The molecule has 3 heterocycles. The van der Waals surface area contributed by atoms with E-state index in [1.165, 1.54) is 23.4 Å². The van der Waals surface area contributed by atoms with Crippen molar-refractivity contribution >= 4 is 50.9 Å². The number of thiazole rings is 1. The molecule has 0 bridgehead atoms. The number of methoxy groups -OCH3 is 1. The van der Waals surface area contributed by atoms with Crippen LogP contribution in [0.5, 0.6) is 0 Å². The summed E-state index contributed by atoms with van der Waals surface area (Å²) in [5.41, 5.74) is 0.983. The van der Waals surface area contributed by atoms with Crippen LogP contribution in [0, 0.1) is 5.41 Å². The molecule has 2 aliphatic heterocycles. The van der Waals surface area contributed by atoms with Gasteiger partial charge in [0.05, 0.1) is 27.1 Å². The van der Waals surface area contributed by atoms with Crippen LogP contribution in [-0.2, 0) is 30.8 Å². The SMILES string of the molecule is CC1(C)OB(c2cnc(C3CC3)s2)OC1(C)C.COC1CCC2(CC1)Cc1ccc(Br)cc1C21N=C(C)N(C)C1=O. The van der Waals surface area contributed by atoms with Crippen molar-refractivity contribution in [2.24, 2.45) is 10.4 Å². The van der Waals surface area contributed by atoms with Gasteiger partial charge in [-0.1, -0.05) is 22.0 Å². The summed E-state index contributed by atoms with van der Waals surface area (Å²) in [4.78, 5) is 24.6. The fourth-order valence-corrected chi connectivity index (χ4v) is 8.31. The van der Waals surface area contributed by atoms with Gasteiger partial charge in [-0.05, 0) is 103 Å². The maximum absolute atomic E-state index is 13.4. The lowest BCUT2D eigenvalue weighted by Crippen LogP contribution is -2.51. The number of ether oxygens (including phenoxy) is 1. The Labute approximate surface area is 256 Å². The van der Waals surface area contributed by atoms with Crippen molar-refractivity contribution in [2.75, 3.05) is 14.2 Å². The highest BCUT2D eigenvalue weighted by atomic mass is 79.9. The van der Waals surface area contributed by atoms with Crippen LogP contribution in [0.1, 0.15) is 95.2 Å². The largest absolute Gasteiger partial charge is 0.507 e. The molecule has 2 aromatic rings. The van der Waals surface area contributed by atoms with Crippen LogP contribution in [-0.4, -0.2) is 60.2 Å². The third-order valence-electron chi connectivity index (χ3n) is 10.4. The van der Waals surface area contributed by atoms with Crippen molar-refractivity contribution in [3.8, 4) is 0 Å². The van der Waals surface area contributed by atoms with Crippen LogP contribution in [0.2, 0.25) is 0 Å². The topological polar surface area (TPSA) is 73.2 Å². The standard InChI is InChI=1S/C19H23BrN2O2.C12H18BNO2S/c1-12-21-19(17(23)22(12)2)16-10-14(20)5-4-13(16)11-18(19)8-6-15(24-3)7-9-18;1-11(2)12(3,4)16-13(15-11)9-7-14-10(17-9)8-5-6-8/h4-5,10,15H,6-9,11H2,1-3H3;7-8H,5-6H2,1-4H3. The smallest absolute Gasteiger partial charge is 0.399 e. The van der Waals surface area contributed by atoms with Gasteiger partial charge in [-0.3, -0.25) is 9.79 Å². The molecular formula is C31H41BBrN3O4S. The van der Waals surface area contributed by atoms with E-state index >= 15 is 0 Å². The van der Waals surface area contributed by atoms with Gasteiger partial charge >= 0.3 is 7.12 Å². The zero-order chi connectivity index (χ0) is 29.4. The van der Waals surface area contributed by atoms with E-state index < -0.39 is 5.54 Å². The van der Waals surface area contributed by atoms with Crippen molar-refractivity contribution in [1.29, 1.82) is 0 Å². The molecule has 1 aromatic carbocycles. The minimum absolute atomic E-state index is 0.117. The number of rotatable bonds is 3. The first-order valence-corrected chi connectivity index (χ1v) is 16.4. The molecule has 7 nitrogen and oxygen atoms in total. The molecule has 10 heteroatoms. The number of aromatic nitrogens is 1. The highest BCUT2D eigenvalue weighted by molar-refractivity contribution is 9.10. The summed E-state index contributed by atoms with van der Waals surface area (Å²) in [5.74, 6) is 1.66. The van der Waals surface area contributed by atoms with Crippen LogP contribution in [0.15, 0.2) is 33.9 Å². The Kier molecular flexibility index (Phi) is 7.37. The van der Waals surface area contributed by atoms with Gasteiger partial charge in [-0.25, -0.2) is 4.98 Å². The molecule has 7 rings (SSSR count). The Bertz CT molecular complexity index is 1370. The van der Waals surface area contributed by atoms with Crippen LogP contribution in [0.3, 0.4) is 0 Å². The van der Waals surface area contributed by atoms with Gasteiger partial charge in [0.15, 0.2) is 5.54 Å². The molecule has 1 atom stereocenters. The van der Waals surface area contributed by atoms with Crippen LogP contribution in [0.25, 0.3) is 0 Å². The summed E-state index contributed by atoms with van der Waals surface area (Å²) in [5, 5.41) is 1.25. The predicted octanol–water partition coefficient (Wildman–Crippen LogP) is 5.99. The minimum Gasteiger partial charge on any atom is -0.399 e. The summed E-state index contributed by atoms with van der Waals surface area (Å²) in [6, 6.07) is 6.35. The molecule has 0 N–H and O–H groups in total. The summed E-state index contributed by atoms with van der Waals surface area (Å²) >= 11 is 5.33. The van der Waals surface area contributed by atoms with E-state index in [2.05, 4.69) is 66.8 Å². The number of amidine groups is 1. The van der Waals surface area contributed by atoms with E-state index in [0.717, 1.165) is 52.8 Å². The van der Waals surface area contributed by atoms with Gasteiger partial charge in [0, 0.05) is 36.2 Å². The zero-order valence-corrected chi connectivity index (χ0v) is 27.7. The zero-order valence-electron chi connectivity index (χ0n) is 25.3. The number of hydrogen-bond donors (Lipinski definition) is 0. The molecule has 0 radical (unpaired) electrons. The summed E-state index contributed by atoms with van der Waals surface area (Å²) in [6.07, 6.45) is 9.69. The van der Waals surface area contributed by atoms with E-state index in [4.69, 9.17) is 19.0 Å². The molecule has 2 saturated carbocycles. The normalized spacial score (nSPS) is 31.5. The highest BCUT2D eigenvalue weighted by Gasteiger charge is 2.66. The van der Waals surface area contributed by atoms with Crippen molar-refractivity contribution in [2.45, 2.75) is 108 Å². The van der Waals surface area contributed by atoms with Crippen LogP contribution >= 0.6 is 27.3 Å². The van der Waals surface area contributed by atoms with Crippen molar-refractivity contribution in [3.05, 3.63) is 45.0 Å². The molecule has 3 aliphatic carbocycles. The average Bonchev–Trinajstić information content (AvgIpc) is 3.46. The number of carbonyl (C=O) groups excluding carboxylic acids is 1. The maximum Gasteiger partial charge on any atom is 0.507 e. The first-order chi connectivity index (χ1) is 19.3. The average molecular weight is 642 g/mol. The van der Waals surface area contributed by atoms with E-state index in [0.29, 0.717) is 12.0 Å². The highest BCUT2D eigenvalue weighted by Crippen LogP contribution is 2.62. The first kappa shape index (κ1) is 29.5. The maximum atomic E-state index is 13.4. The lowest BCUT2D eigenvalue weighted by Gasteiger charge is -2.45. The van der Waals surface area contributed by atoms with Gasteiger partial charge in [-0.2, -0.15) is 0 Å². The summed E-state index contributed by atoms with van der Waals surface area (Å²) < 4.78 is 19.7. The van der Waals surface area contributed by atoms with E-state index in [1.807, 2.05) is 20.2 Å². The number of likely N-dealkylation sites (N-methyl/N-ethyl adjacent to an activating group) is 1. The third-order valence-corrected chi connectivity index (χ3v) is 12.0. The number of amides is 1. The fraction of sp³-hybridized carbons (Fsp3) is 0.645. The Morgan fingerprint density at radius 3 is 2.32 bits per heavy atom. The second-order valence-corrected chi connectivity index (χ2v) is 15.4. The predicted molar refractivity (Wildman–Crippen MR) is 167 cm³/mol. The number of nitrogens with zero attached hydrogens (tertiary/aromatic N) is 3. The Morgan fingerprint density at radius 2 is 1.76 bits per heavy atom. The molecule has 3 fully saturated rings. The Hall–Kier alpha value is -1.59. The number of benzene rings is 1. The number of aliphatic imine (C=N–C) groups is 1. The molecule has 1 aromatic heterocycles. The van der Waals surface area contributed by atoms with E-state index in [-0.39, 0.29) is 29.6 Å². The quantitative estimate of drug-likeness (QED) is 0.385. The minimum atomic E-state index is -0.746. The van der Waals surface area contributed by atoms with Gasteiger partial charge in [0.1, 0.15) is 5.84 Å². The Morgan fingerprint density at radius 1 is 1.10 bits per heavy atom. The number of hydrogen-bond acceptors (Lipinski definition) is 7. The van der Waals surface area contributed by atoms with E-state index in [9.17, 15) is 4.79 Å². The van der Waals surface area contributed by atoms with Gasteiger partial charge in [-0.15, -0.1) is 11.3 Å². The lowest BCUT2D eigenvalue weighted by atomic mass is 9.61. The number of halogens is 1. The first-order valence-electron chi connectivity index (χ1n) is 14.8. The fourth-order valence-electron chi connectivity index (χ4n) is 6.90. The summed E-state index contributed by atoms with van der Waals surface area (Å²) in [6.45, 7) is 10.3. The molecule has 1 amide bonds. The van der Waals surface area contributed by atoms with E-state index in [1.54, 1.807) is 23.3 Å². The third kappa shape index (κ3) is 4.76. The van der Waals surface area contributed by atoms with Crippen LogP contribution < -0.4 is 4.78 Å². The van der Waals surface area contributed by atoms with Crippen molar-refractivity contribution in [3.63, 3.8) is 0 Å². The lowest BCUT2D eigenvalue weighted by molar-refractivity contribution is -0.137. The number of fused-ring (bicyclic) bond motifs is 3. The van der Waals surface area contributed by atoms with Crippen molar-refractivity contribution < 1.29 is 18.8 Å². The second kappa shape index (κ2) is 10.3. The van der Waals surface area contributed by atoms with Crippen molar-refractivity contribution in [1.82, 2.24) is 9.88 Å². The van der Waals surface area contributed by atoms with Gasteiger partial charge < -0.3 is 18.9 Å². The number of carbonyl (C=O) groups is 1. The Balaban J connectivity index is 0.000000156. The van der Waals surface area contributed by atoms with Crippen LogP contribution in [0.4, 0.5) is 0 Å². The monoisotopic (exact) mass is 641 g/mol. The summed E-state index contributed by atoms with van der Waals surface area (Å²) in [7, 11) is 3.39. The molecule has 1 unspecified atom stereocenters. The molecule has 2 spiro atoms. The molecular weight excluding hydrogens is 601 g/mol. The van der Waals surface area contributed by atoms with Gasteiger partial charge in [0.2, 0.25) is 0 Å². The molecule has 5 aliphatic rings.